The summed E-state index contributed by atoms with van der Waals surface area (Å²) in [6.07, 6.45) is 0. The molecular weight excluding hydrogens is 462 g/mol. The highest BCUT2D eigenvalue weighted by molar-refractivity contribution is 6.31. The Hall–Kier alpha value is -3.77. The van der Waals surface area contributed by atoms with Crippen molar-refractivity contribution in [2.45, 2.75) is 32.1 Å². The van der Waals surface area contributed by atoms with Gasteiger partial charge in [0.05, 0.1) is 13.7 Å². The highest BCUT2D eigenvalue weighted by Crippen LogP contribution is 2.34. The van der Waals surface area contributed by atoms with Gasteiger partial charge >= 0.3 is 0 Å². The number of benzene rings is 3. The fraction of sp³-hybridized carbons (Fsp3) is 0.214. The third kappa shape index (κ3) is 4.04. The molecule has 0 unspecified atom stereocenters. The third-order valence-corrected chi connectivity index (χ3v) is 7.11. The third-order valence-electron chi connectivity index (χ3n) is 6.74. The summed E-state index contributed by atoms with van der Waals surface area (Å²) in [5.74, 6) is 0.249. The summed E-state index contributed by atoms with van der Waals surface area (Å²) < 4.78 is 7.38. The number of nitrogens with zero attached hydrogens (tertiary/aromatic N) is 2. The van der Waals surface area contributed by atoms with Crippen molar-refractivity contribution in [3.05, 3.63) is 101 Å². The predicted octanol–water partition coefficient (Wildman–Crippen LogP) is 5.03. The maximum Gasteiger partial charge on any atom is 0.271 e. The van der Waals surface area contributed by atoms with Crippen LogP contribution in [0.1, 0.15) is 28.5 Å². The summed E-state index contributed by atoms with van der Waals surface area (Å²) in [5.41, 5.74) is 1.99. The molecule has 1 aromatic heterocycles. The second-order valence-corrected chi connectivity index (χ2v) is 9.33. The average Bonchev–Trinajstić information content (AvgIpc) is 3.24. The van der Waals surface area contributed by atoms with E-state index in [-0.39, 0.29) is 24.9 Å². The number of aromatic nitrogens is 1. The number of hydrogen-bond acceptors (Lipinski definition) is 3. The van der Waals surface area contributed by atoms with E-state index >= 15 is 0 Å². The van der Waals surface area contributed by atoms with Crippen molar-refractivity contribution in [3.63, 3.8) is 0 Å². The Balaban J connectivity index is 1.54. The first-order chi connectivity index (χ1) is 16.9. The van der Waals surface area contributed by atoms with E-state index in [9.17, 15) is 9.59 Å². The molecule has 5 rings (SSSR count). The van der Waals surface area contributed by atoms with Gasteiger partial charge in [0.2, 0.25) is 5.91 Å². The van der Waals surface area contributed by atoms with Gasteiger partial charge in [-0.25, -0.2) is 0 Å². The van der Waals surface area contributed by atoms with Crippen molar-refractivity contribution in [3.8, 4) is 5.75 Å². The quantitative estimate of drug-likeness (QED) is 0.414. The minimum absolute atomic E-state index is 0.206. The number of nitrogens with one attached hydrogen (secondary N) is 1. The van der Waals surface area contributed by atoms with Gasteiger partial charge in [0.15, 0.2) is 0 Å². The van der Waals surface area contributed by atoms with E-state index < -0.39 is 5.54 Å². The van der Waals surface area contributed by atoms with Crippen LogP contribution in [-0.4, -0.2) is 33.9 Å². The Morgan fingerprint density at radius 1 is 1.03 bits per heavy atom. The molecule has 6 nitrogen and oxygen atoms in total. The topological polar surface area (TPSA) is 63.6 Å². The molecule has 2 amide bonds. The van der Waals surface area contributed by atoms with Gasteiger partial charge in [-0.3, -0.25) is 9.59 Å². The molecule has 1 atom stereocenters. The van der Waals surface area contributed by atoms with E-state index in [1.54, 1.807) is 18.1 Å². The zero-order valence-corrected chi connectivity index (χ0v) is 20.4. The van der Waals surface area contributed by atoms with Gasteiger partial charge in [-0.1, -0.05) is 66.2 Å². The number of carbonyl (C=O) groups is 2. The number of ether oxygens (including phenoxy) is 1. The Morgan fingerprint density at radius 2 is 1.71 bits per heavy atom. The average molecular weight is 488 g/mol. The molecule has 4 aromatic rings. The second kappa shape index (κ2) is 9.12. The standard InChI is InChI=1S/C28H26ClN3O3/c1-28(27(34)30-16-20-10-5-8-14-25(20)35-2)18-31-23-13-7-4-9-19(23)15-24(31)26(33)32(28)17-21-11-3-6-12-22(21)29/h3-15H,16-18H2,1-2H3,(H,30,34)/t28-/m0/s1. The van der Waals surface area contributed by atoms with Gasteiger partial charge in [0.1, 0.15) is 17.0 Å². The lowest BCUT2D eigenvalue weighted by Gasteiger charge is -2.44. The summed E-state index contributed by atoms with van der Waals surface area (Å²) in [6, 6.07) is 24.7. The van der Waals surface area contributed by atoms with Crippen molar-refractivity contribution < 1.29 is 14.3 Å². The van der Waals surface area contributed by atoms with Crippen LogP contribution in [0.4, 0.5) is 0 Å². The first-order valence-corrected chi connectivity index (χ1v) is 11.8. The smallest absolute Gasteiger partial charge is 0.271 e. The second-order valence-electron chi connectivity index (χ2n) is 8.93. The predicted molar refractivity (Wildman–Crippen MR) is 137 cm³/mol. The largest absolute Gasteiger partial charge is 0.496 e. The SMILES string of the molecule is COc1ccccc1CNC(=O)[C@]1(C)Cn2c(cc3ccccc32)C(=O)N1Cc1ccccc1Cl. The maximum atomic E-state index is 13.9. The van der Waals surface area contributed by atoms with Crippen molar-refractivity contribution in [1.82, 2.24) is 14.8 Å². The number of halogens is 1. The van der Waals surface area contributed by atoms with E-state index in [4.69, 9.17) is 16.3 Å². The summed E-state index contributed by atoms with van der Waals surface area (Å²) in [7, 11) is 1.60. The van der Waals surface area contributed by atoms with Gasteiger partial charge in [-0.15, -0.1) is 0 Å². The number of para-hydroxylation sites is 2. The number of hydrogen-bond donors (Lipinski definition) is 1. The highest BCUT2D eigenvalue weighted by atomic mass is 35.5. The van der Waals surface area contributed by atoms with Crippen LogP contribution in [0.25, 0.3) is 10.9 Å². The molecule has 0 radical (unpaired) electrons. The lowest BCUT2D eigenvalue weighted by Crippen LogP contribution is -2.63. The zero-order valence-electron chi connectivity index (χ0n) is 19.6. The van der Waals surface area contributed by atoms with E-state index in [0.717, 1.165) is 22.0 Å². The summed E-state index contributed by atoms with van der Waals surface area (Å²) >= 11 is 6.45. The fourth-order valence-corrected chi connectivity index (χ4v) is 4.96. The Labute approximate surface area is 209 Å². The molecule has 7 heteroatoms. The molecular formula is C28H26ClN3O3. The van der Waals surface area contributed by atoms with Crippen LogP contribution in [0.15, 0.2) is 78.9 Å². The fourth-order valence-electron chi connectivity index (χ4n) is 4.77. The molecule has 0 aliphatic carbocycles. The zero-order chi connectivity index (χ0) is 24.6. The van der Waals surface area contributed by atoms with Crippen molar-refractivity contribution >= 4 is 34.3 Å². The first kappa shape index (κ1) is 23.0. The van der Waals surface area contributed by atoms with E-state index in [1.807, 2.05) is 84.3 Å². The number of rotatable bonds is 6. The van der Waals surface area contributed by atoms with Crippen LogP contribution in [0.2, 0.25) is 5.02 Å². The summed E-state index contributed by atoms with van der Waals surface area (Å²) in [6.45, 7) is 2.64. The highest BCUT2D eigenvalue weighted by Gasteiger charge is 2.47. The molecule has 178 valence electrons. The minimum Gasteiger partial charge on any atom is -0.496 e. The number of amides is 2. The molecule has 1 aliphatic rings. The number of fused-ring (bicyclic) bond motifs is 3. The van der Waals surface area contributed by atoms with Crippen LogP contribution < -0.4 is 10.1 Å². The summed E-state index contributed by atoms with van der Waals surface area (Å²) in [4.78, 5) is 29.3. The van der Waals surface area contributed by atoms with Crippen LogP contribution >= 0.6 is 11.6 Å². The van der Waals surface area contributed by atoms with Gasteiger partial charge in [0, 0.05) is 34.6 Å². The minimum atomic E-state index is -1.15. The molecule has 0 saturated heterocycles. The van der Waals surface area contributed by atoms with Crippen molar-refractivity contribution in [2.75, 3.05) is 7.11 Å². The Bertz CT molecular complexity index is 1430. The molecule has 35 heavy (non-hydrogen) atoms. The molecule has 0 bridgehead atoms. The molecule has 3 aromatic carbocycles. The lowest BCUT2D eigenvalue weighted by molar-refractivity contribution is -0.133. The van der Waals surface area contributed by atoms with Crippen molar-refractivity contribution in [1.29, 1.82) is 0 Å². The molecule has 1 N–H and O–H groups in total. The Kier molecular flexibility index (Phi) is 5.99. The van der Waals surface area contributed by atoms with E-state index in [1.165, 1.54) is 0 Å². The van der Waals surface area contributed by atoms with Gasteiger partial charge in [-0.05, 0) is 36.8 Å². The van der Waals surface area contributed by atoms with Crippen LogP contribution in [0, 0.1) is 0 Å². The normalized spacial score (nSPS) is 17.3. The van der Waals surface area contributed by atoms with E-state index in [2.05, 4.69) is 5.32 Å². The monoisotopic (exact) mass is 487 g/mol. The van der Waals surface area contributed by atoms with Crippen molar-refractivity contribution in [2.24, 2.45) is 0 Å². The lowest BCUT2D eigenvalue weighted by atomic mass is 9.93. The van der Waals surface area contributed by atoms with Gasteiger partial charge in [0.25, 0.3) is 5.91 Å². The molecule has 0 fully saturated rings. The first-order valence-electron chi connectivity index (χ1n) is 11.5. The summed E-state index contributed by atoms with van der Waals surface area (Å²) in [5, 5.41) is 4.57. The van der Waals surface area contributed by atoms with Crippen LogP contribution in [0.3, 0.4) is 0 Å². The number of carbonyl (C=O) groups excluding carboxylic acids is 2. The van der Waals surface area contributed by atoms with Crippen LogP contribution in [-0.2, 0) is 24.4 Å². The molecule has 1 aliphatic heterocycles. The van der Waals surface area contributed by atoms with Crippen LogP contribution in [0.5, 0.6) is 5.75 Å². The number of methoxy groups -OCH3 is 1. The Morgan fingerprint density at radius 3 is 2.49 bits per heavy atom. The molecule has 0 saturated carbocycles. The molecule has 0 spiro atoms. The van der Waals surface area contributed by atoms with E-state index in [0.29, 0.717) is 23.0 Å². The molecule has 2 heterocycles. The van der Waals surface area contributed by atoms with Gasteiger partial charge < -0.3 is 19.5 Å². The maximum absolute atomic E-state index is 13.9. The van der Waals surface area contributed by atoms with Gasteiger partial charge in [-0.2, -0.15) is 0 Å².